The van der Waals surface area contributed by atoms with E-state index in [1.54, 1.807) is 0 Å². The summed E-state index contributed by atoms with van der Waals surface area (Å²) in [6.07, 6.45) is 33.8. The second-order valence-corrected chi connectivity index (χ2v) is 13.6. The number of unbranched alkanes of at least 4 members (excludes halogenated alkanes) is 12. The Morgan fingerprint density at radius 3 is 1.39 bits per heavy atom. The molecule has 0 saturated carbocycles. The van der Waals surface area contributed by atoms with Gasteiger partial charge in [0.25, 0.3) is 0 Å². The van der Waals surface area contributed by atoms with Crippen molar-refractivity contribution in [2.45, 2.75) is 154 Å². The largest absolute Gasteiger partial charge is 0.472 e. The summed E-state index contributed by atoms with van der Waals surface area (Å²) in [6, 6.07) is 0. The van der Waals surface area contributed by atoms with Crippen molar-refractivity contribution in [3.63, 3.8) is 0 Å². The van der Waals surface area contributed by atoms with E-state index in [-0.39, 0.29) is 12.8 Å². The topological polar surface area (TPSA) is 149 Å². The number of hydrogen-bond donors (Lipinski definition) is 3. The molecule has 10 nitrogen and oxygen atoms in total. The van der Waals surface area contributed by atoms with Crippen molar-refractivity contribution in [1.29, 1.82) is 0 Å². The quantitative estimate of drug-likeness (QED) is 0.0255. The van der Waals surface area contributed by atoms with Crippen LogP contribution < -0.4 is 0 Å². The number of phosphoric acid groups is 1. The molecule has 3 N–H and O–H groups in total. The summed E-state index contributed by atoms with van der Waals surface area (Å²) in [7, 11) is -4.64. The molecular weight excluding hydrogens is 647 g/mol. The molecule has 0 radical (unpaired) electrons. The molecule has 0 spiro atoms. The fourth-order valence-electron chi connectivity index (χ4n) is 4.69. The molecule has 0 saturated heterocycles. The molecule has 0 aliphatic carbocycles. The maximum Gasteiger partial charge on any atom is 0.472 e. The van der Waals surface area contributed by atoms with Crippen molar-refractivity contribution in [3.8, 4) is 0 Å². The van der Waals surface area contributed by atoms with E-state index in [1.165, 1.54) is 44.9 Å². The van der Waals surface area contributed by atoms with Gasteiger partial charge in [-0.25, -0.2) is 4.57 Å². The molecule has 0 fully saturated rings. The molecule has 0 amide bonds. The normalized spacial score (nSPS) is 14.6. The fourth-order valence-corrected chi connectivity index (χ4v) is 5.48. The molecule has 0 aliphatic rings. The highest BCUT2D eigenvalue weighted by atomic mass is 31.2. The second kappa shape index (κ2) is 34.4. The van der Waals surface area contributed by atoms with Crippen molar-refractivity contribution in [1.82, 2.24) is 0 Å². The minimum absolute atomic E-state index is 0.139. The van der Waals surface area contributed by atoms with Gasteiger partial charge in [-0.3, -0.25) is 18.6 Å². The molecule has 11 heteroatoms. The highest BCUT2D eigenvalue weighted by molar-refractivity contribution is 7.47. The molecule has 0 aromatic carbocycles. The Morgan fingerprint density at radius 2 is 0.959 bits per heavy atom. The van der Waals surface area contributed by atoms with Crippen LogP contribution in [0.4, 0.5) is 0 Å². The third-order valence-corrected chi connectivity index (χ3v) is 8.51. The third kappa shape index (κ3) is 32.9. The van der Waals surface area contributed by atoms with Gasteiger partial charge >= 0.3 is 19.8 Å². The molecule has 284 valence electrons. The number of carbonyl (C=O) groups is 2. The molecule has 49 heavy (non-hydrogen) atoms. The standard InChI is InChI=1S/C38H67O10P/c1-3-5-7-9-11-13-15-16-17-18-20-22-24-26-28-30-38(42)48-36(32-40)34-46-49(43,44)45-33-35(31-39)47-37(41)29-27-25-23-21-19-14-12-10-8-6-4-2/h5,7,11,13,16-17,20,22,35-36,39-40H,3-4,6,8-10,12,14-15,18-19,21,23-34H2,1-2H3,(H,43,44)/b7-5-,13-11-,17-16-,22-20-. The molecule has 3 atom stereocenters. The van der Waals surface area contributed by atoms with E-state index < -0.39 is 58.4 Å². The van der Waals surface area contributed by atoms with Gasteiger partial charge in [-0.1, -0.05) is 127 Å². The van der Waals surface area contributed by atoms with Gasteiger partial charge in [-0.15, -0.1) is 0 Å². The summed E-state index contributed by atoms with van der Waals surface area (Å²) in [4.78, 5) is 34.3. The lowest BCUT2D eigenvalue weighted by molar-refractivity contribution is -0.153. The van der Waals surface area contributed by atoms with Crippen molar-refractivity contribution < 1.29 is 47.8 Å². The summed E-state index contributed by atoms with van der Waals surface area (Å²) < 4.78 is 32.4. The predicted octanol–water partition coefficient (Wildman–Crippen LogP) is 8.99. The van der Waals surface area contributed by atoms with Crippen LogP contribution in [0.1, 0.15) is 142 Å². The number of esters is 2. The maximum atomic E-state index is 12.3. The highest BCUT2D eigenvalue weighted by Gasteiger charge is 2.27. The van der Waals surface area contributed by atoms with Crippen LogP contribution in [0, 0.1) is 0 Å². The maximum absolute atomic E-state index is 12.3. The Balaban J connectivity index is 4.07. The van der Waals surface area contributed by atoms with E-state index in [9.17, 15) is 29.3 Å². The average molecular weight is 715 g/mol. The van der Waals surface area contributed by atoms with Crippen molar-refractivity contribution >= 4 is 19.8 Å². The molecule has 0 rings (SSSR count). The number of aliphatic hydroxyl groups is 2. The lowest BCUT2D eigenvalue weighted by Gasteiger charge is -2.20. The molecule has 0 aromatic heterocycles. The summed E-state index contributed by atoms with van der Waals surface area (Å²) in [5.41, 5.74) is 0. The van der Waals surface area contributed by atoms with Gasteiger partial charge in [-0.2, -0.15) is 0 Å². The lowest BCUT2D eigenvalue weighted by atomic mass is 10.1. The third-order valence-electron chi connectivity index (χ3n) is 7.56. The number of carbonyl (C=O) groups excluding carboxylic acids is 2. The Hall–Kier alpha value is -2.07. The number of hydrogen-bond acceptors (Lipinski definition) is 9. The first-order valence-corrected chi connectivity index (χ1v) is 20.1. The minimum Gasteiger partial charge on any atom is -0.457 e. The number of phosphoric ester groups is 1. The zero-order chi connectivity index (χ0) is 36.3. The summed E-state index contributed by atoms with van der Waals surface area (Å²) in [5, 5.41) is 19.1. The molecule has 0 bridgehead atoms. The fraction of sp³-hybridized carbons (Fsp3) is 0.737. The van der Waals surface area contributed by atoms with Crippen LogP contribution in [-0.4, -0.2) is 65.7 Å². The van der Waals surface area contributed by atoms with Crippen LogP contribution in [0.5, 0.6) is 0 Å². The van der Waals surface area contributed by atoms with E-state index in [2.05, 4.69) is 62.5 Å². The highest BCUT2D eigenvalue weighted by Crippen LogP contribution is 2.43. The second-order valence-electron chi connectivity index (χ2n) is 12.2. The first kappa shape index (κ1) is 46.9. The van der Waals surface area contributed by atoms with Crippen LogP contribution in [0.2, 0.25) is 0 Å². The molecule has 3 unspecified atom stereocenters. The molecule has 0 heterocycles. The predicted molar refractivity (Wildman–Crippen MR) is 196 cm³/mol. The first-order valence-electron chi connectivity index (χ1n) is 18.6. The van der Waals surface area contributed by atoms with E-state index >= 15 is 0 Å². The zero-order valence-electron chi connectivity index (χ0n) is 30.4. The zero-order valence-corrected chi connectivity index (χ0v) is 31.3. The van der Waals surface area contributed by atoms with Crippen molar-refractivity contribution in [2.24, 2.45) is 0 Å². The van der Waals surface area contributed by atoms with Crippen molar-refractivity contribution in [3.05, 3.63) is 48.6 Å². The van der Waals surface area contributed by atoms with Gasteiger partial charge in [0.15, 0.2) is 0 Å². The summed E-state index contributed by atoms with van der Waals surface area (Å²) in [5.74, 6) is -1.07. The summed E-state index contributed by atoms with van der Waals surface area (Å²) >= 11 is 0. The molecular formula is C38H67O10P. The van der Waals surface area contributed by atoms with Gasteiger partial charge in [0.1, 0.15) is 12.2 Å². The van der Waals surface area contributed by atoms with E-state index in [4.69, 9.17) is 18.5 Å². The Labute approximate surface area is 296 Å². The van der Waals surface area contributed by atoms with Gasteiger partial charge < -0.3 is 24.6 Å². The number of rotatable bonds is 34. The Morgan fingerprint density at radius 1 is 0.571 bits per heavy atom. The van der Waals surface area contributed by atoms with Crippen LogP contribution in [0.15, 0.2) is 48.6 Å². The smallest absolute Gasteiger partial charge is 0.457 e. The van der Waals surface area contributed by atoms with E-state index in [0.29, 0.717) is 12.8 Å². The lowest BCUT2D eigenvalue weighted by Crippen LogP contribution is -2.28. The minimum atomic E-state index is -4.64. The van der Waals surface area contributed by atoms with Gasteiger partial charge in [0.05, 0.1) is 26.4 Å². The van der Waals surface area contributed by atoms with Crippen LogP contribution in [-0.2, 0) is 32.7 Å². The van der Waals surface area contributed by atoms with E-state index in [1.807, 2.05) is 0 Å². The number of ether oxygens (including phenoxy) is 2. The monoisotopic (exact) mass is 714 g/mol. The van der Waals surface area contributed by atoms with Crippen molar-refractivity contribution in [2.75, 3.05) is 26.4 Å². The van der Waals surface area contributed by atoms with Gasteiger partial charge in [0, 0.05) is 12.8 Å². The van der Waals surface area contributed by atoms with Crippen LogP contribution in [0.25, 0.3) is 0 Å². The first-order chi connectivity index (χ1) is 23.8. The number of aliphatic hydroxyl groups excluding tert-OH is 2. The average Bonchev–Trinajstić information content (AvgIpc) is 3.09. The van der Waals surface area contributed by atoms with Gasteiger partial charge in [0.2, 0.25) is 0 Å². The molecule has 0 aromatic rings. The Kier molecular flexibility index (Phi) is 32.9. The van der Waals surface area contributed by atoms with Gasteiger partial charge in [-0.05, 0) is 51.4 Å². The van der Waals surface area contributed by atoms with Crippen LogP contribution >= 0.6 is 7.82 Å². The van der Waals surface area contributed by atoms with Crippen LogP contribution in [0.3, 0.4) is 0 Å². The molecule has 0 aliphatic heterocycles. The SMILES string of the molecule is CC/C=C\C/C=C\C/C=C\C/C=C\CCCCC(=O)OC(CO)COP(=O)(O)OCC(CO)OC(=O)CCCCCCCCCCCCC. The van der Waals surface area contributed by atoms with E-state index in [0.717, 1.165) is 57.8 Å². The number of allylic oxidation sites excluding steroid dienone is 8. The summed E-state index contributed by atoms with van der Waals surface area (Å²) in [6.45, 7) is 2.01. The Bertz CT molecular complexity index is 962.